The molecular formula is C19H21N5. The van der Waals surface area contributed by atoms with E-state index in [2.05, 4.69) is 43.8 Å². The number of fused-ring (bicyclic) bond motifs is 1. The molecular weight excluding hydrogens is 298 g/mol. The van der Waals surface area contributed by atoms with E-state index in [0.29, 0.717) is 5.92 Å². The lowest BCUT2D eigenvalue weighted by Crippen LogP contribution is -2.27. The summed E-state index contributed by atoms with van der Waals surface area (Å²) < 4.78 is 0. The molecule has 0 aliphatic carbocycles. The predicted molar refractivity (Wildman–Crippen MR) is 95.9 cm³/mol. The van der Waals surface area contributed by atoms with Gasteiger partial charge < -0.3 is 10.6 Å². The van der Waals surface area contributed by atoms with E-state index < -0.39 is 0 Å². The van der Waals surface area contributed by atoms with Crippen molar-refractivity contribution in [3.8, 4) is 0 Å². The van der Waals surface area contributed by atoms with E-state index in [1.165, 1.54) is 24.0 Å². The molecule has 122 valence electrons. The number of nitrogens with one attached hydrogen (secondary N) is 2. The van der Waals surface area contributed by atoms with E-state index in [0.717, 1.165) is 36.4 Å². The molecule has 0 spiro atoms. The minimum Gasteiger partial charge on any atom is -0.379 e. The second-order valence-corrected chi connectivity index (χ2v) is 6.22. The second kappa shape index (κ2) is 6.93. The van der Waals surface area contributed by atoms with Gasteiger partial charge in [-0.1, -0.05) is 6.07 Å². The third-order valence-corrected chi connectivity index (χ3v) is 4.65. The van der Waals surface area contributed by atoms with Gasteiger partial charge in [-0.15, -0.1) is 0 Å². The maximum absolute atomic E-state index is 4.38. The first kappa shape index (κ1) is 15.0. The van der Waals surface area contributed by atoms with Gasteiger partial charge in [0.05, 0.1) is 22.9 Å². The lowest BCUT2D eigenvalue weighted by Gasteiger charge is -2.25. The van der Waals surface area contributed by atoms with Gasteiger partial charge in [-0.2, -0.15) is 0 Å². The van der Waals surface area contributed by atoms with Crippen LogP contribution in [0.25, 0.3) is 11.0 Å². The zero-order valence-electron chi connectivity index (χ0n) is 13.6. The highest BCUT2D eigenvalue weighted by molar-refractivity contribution is 5.74. The molecule has 1 fully saturated rings. The Balaban J connectivity index is 1.52. The first-order valence-corrected chi connectivity index (χ1v) is 8.48. The van der Waals surface area contributed by atoms with Crippen molar-refractivity contribution in [1.82, 2.24) is 20.3 Å². The second-order valence-electron chi connectivity index (χ2n) is 6.22. The lowest BCUT2D eigenvalue weighted by atomic mass is 9.90. The van der Waals surface area contributed by atoms with Crippen LogP contribution in [0.1, 0.15) is 29.9 Å². The maximum atomic E-state index is 4.38. The van der Waals surface area contributed by atoms with E-state index in [-0.39, 0.29) is 0 Å². The van der Waals surface area contributed by atoms with Gasteiger partial charge in [-0.05, 0) is 61.2 Å². The Morgan fingerprint density at radius 3 is 2.71 bits per heavy atom. The number of nitrogens with zero attached hydrogens (tertiary/aromatic N) is 3. The Morgan fingerprint density at radius 1 is 1.00 bits per heavy atom. The highest BCUT2D eigenvalue weighted by Crippen LogP contribution is 2.30. The number of hydrogen-bond acceptors (Lipinski definition) is 5. The molecule has 0 atom stereocenters. The third kappa shape index (κ3) is 3.21. The zero-order valence-corrected chi connectivity index (χ0v) is 13.6. The molecule has 24 heavy (non-hydrogen) atoms. The van der Waals surface area contributed by atoms with Gasteiger partial charge in [-0.25, -0.2) is 0 Å². The van der Waals surface area contributed by atoms with Crippen molar-refractivity contribution in [3.05, 3.63) is 60.2 Å². The molecule has 1 aliphatic heterocycles. The van der Waals surface area contributed by atoms with Crippen LogP contribution in [0, 0.1) is 0 Å². The van der Waals surface area contributed by atoms with Crippen molar-refractivity contribution in [2.24, 2.45) is 0 Å². The highest BCUT2D eigenvalue weighted by Gasteiger charge is 2.18. The smallest absolute Gasteiger partial charge is 0.0890 e. The van der Waals surface area contributed by atoms with Crippen molar-refractivity contribution in [3.63, 3.8) is 0 Å². The van der Waals surface area contributed by atoms with Gasteiger partial charge >= 0.3 is 0 Å². The van der Waals surface area contributed by atoms with Crippen LogP contribution in [0.5, 0.6) is 0 Å². The Hall–Kier alpha value is -2.53. The van der Waals surface area contributed by atoms with Crippen LogP contribution in [0.15, 0.2) is 49.1 Å². The van der Waals surface area contributed by atoms with E-state index in [4.69, 9.17) is 0 Å². The maximum Gasteiger partial charge on any atom is 0.0890 e. The van der Waals surface area contributed by atoms with Crippen LogP contribution in [-0.4, -0.2) is 28.0 Å². The molecule has 3 aromatic rings. The van der Waals surface area contributed by atoms with Crippen LogP contribution < -0.4 is 10.6 Å². The van der Waals surface area contributed by atoms with Crippen molar-refractivity contribution in [1.29, 1.82) is 0 Å². The van der Waals surface area contributed by atoms with E-state index >= 15 is 0 Å². The first-order valence-electron chi connectivity index (χ1n) is 8.48. The summed E-state index contributed by atoms with van der Waals surface area (Å²) in [5.74, 6) is 0.610. The molecule has 0 radical (unpaired) electrons. The summed E-state index contributed by atoms with van der Waals surface area (Å²) in [6.45, 7) is 2.95. The monoisotopic (exact) mass is 319 g/mol. The number of anilines is 1. The highest BCUT2D eigenvalue weighted by atomic mass is 14.9. The molecule has 2 N–H and O–H groups in total. The number of aromatic nitrogens is 3. The largest absolute Gasteiger partial charge is 0.379 e. The fraction of sp³-hybridized carbons (Fsp3) is 0.316. The van der Waals surface area contributed by atoms with Crippen LogP contribution in [-0.2, 0) is 6.54 Å². The molecule has 0 bridgehead atoms. The fourth-order valence-corrected chi connectivity index (χ4v) is 3.36. The summed E-state index contributed by atoms with van der Waals surface area (Å²) in [7, 11) is 0. The van der Waals surface area contributed by atoms with Gasteiger partial charge in [0.25, 0.3) is 0 Å². The summed E-state index contributed by atoms with van der Waals surface area (Å²) in [4.78, 5) is 13.0. The van der Waals surface area contributed by atoms with Gasteiger partial charge in [0.1, 0.15) is 0 Å². The summed E-state index contributed by atoms with van der Waals surface area (Å²) in [6.07, 6.45) is 9.66. The van der Waals surface area contributed by atoms with Gasteiger partial charge in [-0.3, -0.25) is 15.0 Å². The first-order chi connectivity index (χ1) is 11.9. The number of hydrogen-bond donors (Lipinski definition) is 2. The molecule has 1 aromatic carbocycles. The van der Waals surface area contributed by atoms with Gasteiger partial charge in [0, 0.05) is 25.1 Å². The van der Waals surface area contributed by atoms with Crippen LogP contribution in [0.4, 0.5) is 5.69 Å². The number of rotatable bonds is 4. The molecule has 4 rings (SSSR count). The topological polar surface area (TPSA) is 62.7 Å². The minimum atomic E-state index is 0.610. The Bertz CT molecular complexity index is 827. The quantitative estimate of drug-likeness (QED) is 0.774. The molecule has 2 aromatic heterocycles. The Labute approximate surface area is 141 Å². The molecule has 5 heteroatoms. The normalized spacial score (nSPS) is 15.5. The fourth-order valence-electron chi connectivity index (χ4n) is 3.36. The van der Waals surface area contributed by atoms with Crippen molar-refractivity contribution < 1.29 is 0 Å². The van der Waals surface area contributed by atoms with Gasteiger partial charge in [0.2, 0.25) is 0 Å². The molecule has 5 nitrogen and oxygen atoms in total. The summed E-state index contributed by atoms with van der Waals surface area (Å²) in [5, 5.41) is 6.99. The zero-order chi connectivity index (χ0) is 16.2. The molecule has 0 amide bonds. The van der Waals surface area contributed by atoms with E-state index in [1.807, 2.05) is 18.5 Å². The minimum absolute atomic E-state index is 0.610. The molecule has 1 saturated heterocycles. The van der Waals surface area contributed by atoms with E-state index in [1.54, 1.807) is 12.4 Å². The predicted octanol–water partition coefficient (Wildman–Crippen LogP) is 3.10. The SMILES string of the molecule is c1cc(C2CCNCC2)c(NCc2ccc3nccnc3c2)cn1. The standard InChI is InChI=1S/C19H21N5/c1-2-17-18(23-10-9-22-17)11-14(1)12-24-19-13-21-8-5-16(19)15-3-6-20-7-4-15/h1-2,5,8-11,13,15,20,24H,3-4,6-7,12H2. The number of piperidine rings is 1. The average Bonchev–Trinajstić information content (AvgIpc) is 2.67. The van der Waals surface area contributed by atoms with Crippen LogP contribution >= 0.6 is 0 Å². The summed E-state index contributed by atoms with van der Waals surface area (Å²) in [5.41, 5.74) is 5.58. The molecule has 3 heterocycles. The van der Waals surface area contributed by atoms with Gasteiger partial charge in [0.15, 0.2) is 0 Å². The number of benzene rings is 1. The lowest BCUT2D eigenvalue weighted by molar-refractivity contribution is 0.461. The van der Waals surface area contributed by atoms with E-state index in [9.17, 15) is 0 Å². The van der Waals surface area contributed by atoms with Crippen molar-refractivity contribution >= 4 is 16.7 Å². The third-order valence-electron chi connectivity index (χ3n) is 4.65. The van der Waals surface area contributed by atoms with Crippen molar-refractivity contribution in [2.75, 3.05) is 18.4 Å². The average molecular weight is 319 g/mol. The Morgan fingerprint density at radius 2 is 1.83 bits per heavy atom. The number of pyridine rings is 1. The van der Waals surface area contributed by atoms with Crippen LogP contribution in [0.2, 0.25) is 0 Å². The molecule has 0 saturated carbocycles. The van der Waals surface area contributed by atoms with Crippen molar-refractivity contribution in [2.45, 2.75) is 25.3 Å². The van der Waals surface area contributed by atoms with Crippen LogP contribution in [0.3, 0.4) is 0 Å². The Kier molecular flexibility index (Phi) is 4.34. The molecule has 0 unspecified atom stereocenters. The summed E-state index contributed by atoms with van der Waals surface area (Å²) >= 11 is 0. The summed E-state index contributed by atoms with van der Waals surface area (Å²) in [6, 6.07) is 8.38. The molecule has 1 aliphatic rings.